The molecule has 102 valence electrons. The molecule has 0 bridgehead atoms. The normalized spacial score (nSPS) is 10.8. The molecule has 0 aliphatic heterocycles. The van der Waals surface area contributed by atoms with E-state index in [0.29, 0.717) is 0 Å². The average molecular weight is 276 g/mol. The summed E-state index contributed by atoms with van der Waals surface area (Å²) < 4.78 is 0. The van der Waals surface area contributed by atoms with Crippen LogP contribution in [0.3, 0.4) is 0 Å². The summed E-state index contributed by atoms with van der Waals surface area (Å²) in [6.45, 7) is 4.63. The van der Waals surface area contributed by atoms with Gasteiger partial charge in [-0.2, -0.15) is 0 Å². The molecule has 2 aromatic rings. The third kappa shape index (κ3) is 4.68. The molecule has 1 aromatic carbocycles. The maximum Gasteiger partial charge on any atom is 0.0270 e. The summed E-state index contributed by atoms with van der Waals surface area (Å²) in [5.41, 5.74) is 3.05. The monoisotopic (exact) mass is 275 g/mol. The lowest BCUT2D eigenvalue weighted by Crippen LogP contribution is -2.17. The van der Waals surface area contributed by atoms with Gasteiger partial charge in [0.05, 0.1) is 0 Å². The van der Waals surface area contributed by atoms with E-state index < -0.39 is 0 Å². The fraction of sp³-hybridized carbons (Fsp3) is 0.353. The summed E-state index contributed by atoms with van der Waals surface area (Å²) in [7, 11) is 0. The van der Waals surface area contributed by atoms with E-state index in [9.17, 15) is 0 Å². The van der Waals surface area contributed by atoms with E-state index in [2.05, 4.69) is 61.3 Å². The number of nitrogens with zero attached hydrogens (tertiary/aromatic N) is 1. The summed E-state index contributed by atoms with van der Waals surface area (Å²) >= 11 is 0. The molecule has 19 heavy (non-hydrogen) atoms. The summed E-state index contributed by atoms with van der Waals surface area (Å²) in [6.07, 6.45) is 7.35. The van der Waals surface area contributed by atoms with Crippen molar-refractivity contribution in [3.8, 4) is 0 Å². The van der Waals surface area contributed by atoms with Crippen LogP contribution in [-0.2, 0) is 11.8 Å². The van der Waals surface area contributed by atoms with Crippen molar-refractivity contribution in [1.82, 2.24) is 4.98 Å². The molecule has 0 N–H and O–H groups in total. The predicted molar refractivity (Wildman–Crippen MR) is 83.9 cm³/mol. The van der Waals surface area contributed by atoms with E-state index in [4.69, 9.17) is 0 Å². The number of benzene rings is 1. The lowest BCUT2D eigenvalue weighted by molar-refractivity contribution is 0.461. The molecule has 2 heteroatoms. The van der Waals surface area contributed by atoms with Gasteiger partial charge in [0.1, 0.15) is 0 Å². The number of pyridine rings is 1. The zero-order valence-electron chi connectivity index (χ0n) is 11.7. The van der Waals surface area contributed by atoms with Gasteiger partial charge in [0.25, 0.3) is 0 Å². The molecule has 0 spiro atoms. The minimum atomic E-state index is 0. The number of halogens is 1. The van der Waals surface area contributed by atoms with Crippen molar-refractivity contribution in [2.75, 3.05) is 0 Å². The van der Waals surface area contributed by atoms with Gasteiger partial charge in [-0.25, -0.2) is 0 Å². The van der Waals surface area contributed by atoms with Crippen LogP contribution in [-0.4, -0.2) is 4.98 Å². The quantitative estimate of drug-likeness (QED) is 0.763. The Labute approximate surface area is 122 Å². The minimum absolute atomic E-state index is 0. The van der Waals surface area contributed by atoms with Gasteiger partial charge < -0.3 is 0 Å². The summed E-state index contributed by atoms with van der Waals surface area (Å²) in [5.74, 6) is 0. The Morgan fingerprint density at radius 1 is 0.947 bits per heavy atom. The number of hydrogen-bond acceptors (Lipinski definition) is 1. The Morgan fingerprint density at radius 3 is 2.21 bits per heavy atom. The Balaban J connectivity index is 0.00000180. The van der Waals surface area contributed by atoms with Crippen LogP contribution in [0.25, 0.3) is 0 Å². The van der Waals surface area contributed by atoms with Gasteiger partial charge in [-0.3, -0.25) is 4.98 Å². The first kappa shape index (κ1) is 15.7. The minimum Gasteiger partial charge on any atom is -0.265 e. The average Bonchev–Trinajstić information content (AvgIpc) is 2.41. The Kier molecular flexibility index (Phi) is 6.04. The van der Waals surface area contributed by atoms with Gasteiger partial charge in [-0.05, 0) is 47.9 Å². The molecule has 0 atom stereocenters. The van der Waals surface area contributed by atoms with E-state index in [0.717, 1.165) is 6.42 Å². The smallest absolute Gasteiger partial charge is 0.0270 e. The predicted octanol–water partition coefficient (Wildman–Crippen LogP) is 4.80. The Morgan fingerprint density at radius 2 is 1.58 bits per heavy atom. The summed E-state index contributed by atoms with van der Waals surface area (Å²) in [6, 6.07) is 15.0. The second-order valence-corrected chi connectivity index (χ2v) is 5.46. The highest BCUT2D eigenvalue weighted by Gasteiger charge is 2.19. The lowest BCUT2D eigenvalue weighted by Gasteiger charge is -2.25. The molecule has 1 aromatic heterocycles. The van der Waals surface area contributed by atoms with Crippen LogP contribution in [0.1, 0.15) is 37.8 Å². The van der Waals surface area contributed by atoms with E-state index in [1.54, 1.807) is 0 Å². The topological polar surface area (TPSA) is 12.9 Å². The Bertz CT molecular complexity index is 465. The third-order valence-corrected chi connectivity index (χ3v) is 3.57. The fourth-order valence-corrected chi connectivity index (χ4v) is 2.33. The highest BCUT2D eigenvalue weighted by molar-refractivity contribution is 5.85. The van der Waals surface area contributed by atoms with Gasteiger partial charge in [-0.1, -0.05) is 44.2 Å². The molecular weight excluding hydrogens is 254 g/mol. The summed E-state index contributed by atoms with van der Waals surface area (Å²) in [5, 5.41) is 0. The van der Waals surface area contributed by atoms with Gasteiger partial charge in [-0.15, -0.1) is 12.4 Å². The zero-order chi connectivity index (χ0) is 12.8. The SMILES string of the molecule is CC(C)(CCCc1ccccc1)c1ccncc1.Cl. The highest BCUT2D eigenvalue weighted by atomic mass is 35.5. The Hall–Kier alpha value is -1.34. The molecule has 0 radical (unpaired) electrons. The molecular formula is C17H22ClN. The number of rotatable bonds is 5. The van der Waals surface area contributed by atoms with Gasteiger partial charge in [0.2, 0.25) is 0 Å². The highest BCUT2D eigenvalue weighted by Crippen LogP contribution is 2.28. The molecule has 0 fully saturated rings. The summed E-state index contributed by atoms with van der Waals surface area (Å²) in [4.78, 5) is 4.09. The lowest BCUT2D eigenvalue weighted by atomic mass is 9.80. The second kappa shape index (κ2) is 7.30. The second-order valence-electron chi connectivity index (χ2n) is 5.46. The molecule has 0 saturated heterocycles. The van der Waals surface area contributed by atoms with Crippen molar-refractivity contribution < 1.29 is 0 Å². The van der Waals surface area contributed by atoms with Crippen molar-refractivity contribution in [3.05, 3.63) is 66.0 Å². The van der Waals surface area contributed by atoms with Crippen molar-refractivity contribution in [3.63, 3.8) is 0 Å². The number of aryl methyl sites for hydroxylation is 1. The largest absolute Gasteiger partial charge is 0.265 e. The van der Waals surface area contributed by atoms with E-state index >= 15 is 0 Å². The molecule has 0 saturated carbocycles. The molecule has 1 heterocycles. The molecule has 2 rings (SSSR count). The molecule has 0 amide bonds. The molecule has 0 unspecified atom stereocenters. The molecule has 0 aliphatic carbocycles. The van der Waals surface area contributed by atoms with Crippen molar-refractivity contribution in [1.29, 1.82) is 0 Å². The van der Waals surface area contributed by atoms with Gasteiger partial charge >= 0.3 is 0 Å². The van der Waals surface area contributed by atoms with Crippen LogP contribution in [0.5, 0.6) is 0 Å². The van der Waals surface area contributed by atoms with Crippen LogP contribution < -0.4 is 0 Å². The van der Waals surface area contributed by atoms with Gasteiger partial charge in [0.15, 0.2) is 0 Å². The van der Waals surface area contributed by atoms with Crippen LogP contribution in [0, 0.1) is 0 Å². The zero-order valence-corrected chi connectivity index (χ0v) is 12.5. The van der Waals surface area contributed by atoms with Gasteiger partial charge in [0, 0.05) is 12.4 Å². The van der Waals surface area contributed by atoms with Crippen LogP contribution in [0.4, 0.5) is 0 Å². The van der Waals surface area contributed by atoms with Crippen molar-refractivity contribution in [2.45, 2.75) is 38.5 Å². The maximum atomic E-state index is 4.09. The third-order valence-electron chi connectivity index (χ3n) is 3.57. The standard InChI is InChI=1S/C17H21N.ClH/c1-17(2,16-10-13-18-14-11-16)12-6-9-15-7-4-3-5-8-15;/h3-5,7-8,10-11,13-14H,6,9,12H2,1-2H3;1H. The first-order valence-electron chi connectivity index (χ1n) is 6.63. The van der Waals surface area contributed by atoms with Crippen molar-refractivity contribution >= 4 is 12.4 Å². The molecule has 0 aliphatic rings. The number of aromatic nitrogens is 1. The maximum absolute atomic E-state index is 4.09. The number of hydrogen-bond donors (Lipinski definition) is 0. The molecule has 1 nitrogen and oxygen atoms in total. The van der Waals surface area contributed by atoms with Crippen molar-refractivity contribution in [2.24, 2.45) is 0 Å². The van der Waals surface area contributed by atoms with E-state index in [1.165, 1.54) is 24.0 Å². The van der Waals surface area contributed by atoms with Crippen LogP contribution in [0.2, 0.25) is 0 Å². The van der Waals surface area contributed by atoms with E-state index in [1.807, 2.05) is 12.4 Å². The first-order chi connectivity index (χ1) is 8.68. The first-order valence-corrected chi connectivity index (χ1v) is 6.63. The van der Waals surface area contributed by atoms with E-state index in [-0.39, 0.29) is 17.8 Å². The fourth-order valence-electron chi connectivity index (χ4n) is 2.33. The van der Waals surface area contributed by atoms with Crippen LogP contribution in [0.15, 0.2) is 54.9 Å². The van der Waals surface area contributed by atoms with Crippen LogP contribution >= 0.6 is 12.4 Å².